The number of hydrogen-bond acceptors (Lipinski definition) is 3. The van der Waals surface area contributed by atoms with Crippen molar-refractivity contribution in [1.29, 1.82) is 0 Å². The van der Waals surface area contributed by atoms with Crippen LogP contribution in [0, 0.1) is 5.92 Å². The van der Waals surface area contributed by atoms with Gasteiger partial charge in [0.1, 0.15) is 5.82 Å². The number of alkyl halides is 3. The quantitative estimate of drug-likeness (QED) is 0.777. The van der Waals surface area contributed by atoms with Crippen molar-refractivity contribution in [2.45, 2.75) is 25.4 Å². The van der Waals surface area contributed by atoms with Crippen LogP contribution in [0.5, 0.6) is 0 Å². The monoisotopic (exact) mass is 339 g/mol. The molecule has 1 atom stereocenters. The minimum Gasteiger partial charge on any atom is -0.353 e. The molecule has 1 saturated heterocycles. The Labute approximate surface area is 139 Å². The second kappa shape index (κ2) is 6.83. The molecule has 0 aromatic carbocycles. The van der Waals surface area contributed by atoms with Gasteiger partial charge >= 0.3 is 6.18 Å². The molecular formula is C17H20F3N3O. The van der Waals surface area contributed by atoms with Crippen LogP contribution in [0.1, 0.15) is 24.8 Å². The molecule has 0 spiro atoms. The maximum atomic E-state index is 12.6. The Balaban J connectivity index is 1.57. The number of carbonyl (C=O) groups is 1. The van der Waals surface area contributed by atoms with Crippen molar-refractivity contribution in [3.63, 3.8) is 0 Å². The van der Waals surface area contributed by atoms with Crippen molar-refractivity contribution in [3.05, 3.63) is 36.0 Å². The van der Waals surface area contributed by atoms with Crippen molar-refractivity contribution in [3.8, 4) is 0 Å². The molecule has 1 aliphatic heterocycles. The highest BCUT2D eigenvalue weighted by Crippen LogP contribution is 2.29. The van der Waals surface area contributed by atoms with Crippen LogP contribution in [0.3, 0.4) is 0 Å². The van der Waals surface area contributed by atoms with Crippen LogP contribution in [0.25, 0.3) is 0 Å². The molecule has 2 aliphatic rings. The fraction of sp³-hybridized carbons (Fsp3) is 0.529. The van der Waals surface area contributed by atoms with Gasteiger partial charge in [-0.15, -0.1) is 0 Å². The van der Waals surface area contributed by atoms with E-state index in [4.69, 9.17) is 0 Å². The van der Waals surface area contributed by atoms with Crippen LogP contribution in [0.2, 0.25) is 0 Å². The van der Waals surface area contributed by atoms with Crippen LogP contribution >= 0.6 is 0 Å². The zero-order valence-corrected chi connectivity index (χ0v) is 13.3. The van der Waals surface area contributed by atoms with Crippen molar-refractivity contribution in [1.82, 2.24) is 9.88 Å². The highest BCUT2D eigenvalue weighted by atomic mass is 19.4. The summed E-state index contributed by atoms with van der Waals surface area (Å²) < 4.78 is 37.7. The van der Waals surface area contributed by atoms with E-state index in [2.05, 4.69) is 17.1 Å². The lowest BCUT2D eigenvalue weighted by Gasteiger charge is -2.37. The van der Waals surface area contributed by atoms with E-state index in [1.54, 1.807) is 0 Å². The molecule has 0 N–H and O–H groups in total. The lowest BCUT2D eigenvalue weighted by molar-refractivity contribution is -0.138. The summed E-state index contributed by atoms with van der Waals surface area (Å²) in [4.78, 5) is 20.2. The average molecular weight is 339 g/mol. The summed E-state index contributed by atoms with van der Waals surface area (Å²) in [5.74, 6) is 0.792. The Morgan fingerprint density at radius 1 is 1.12 bits per heavy atom. The second-order valence-corrected chi connectivity index (χ2v) is 6.20. The second-order valence-electron chi connectivity index (χ2n) is 6.20. The predicted octanol–water partition coefficient (Wildman–Crippen LogP) is 3.11. The first-order chi connectivity index (χ1) is 11.4. The third-order valence-electron chi connectivity index (χ3n) is 4.61. The maximum Gasteiger partial charge on any atom is 0.417 e. The molecule has 3 rings (SSSR count). The van der Waals surface area contributed by atoms with Crippen molar-refractivity contribution < 1.29 is 18.0 Å². The van der Waals surface area contributed by atoms with Gasteiger partial charge in [-0.1, -0.05) is 12.2 Å². The highest BCUT2D eigenvalue weighted by Gasteiger charge is 2.31. The number of nitrogens with zero attached hydrogens (tertiary/aromatic N) is 3. The molecule has 1 aliphatic carbocycles. The van der Waals surface area contributed by atoms with Crippen LogP contribution in [-0.2, 0) is 11.0 Å². The maximum absolute atomic E-state index is 12.6. The number of pyridine rings is 1. The number of rotatable bonds is 2. The fourth-order valence-electron chi connectivity index (χ4n) is 3.17. The molecule has 4 nitrogen and oxygen atoms in total. The first kappa shape index (κ1) is 16.8. The summed E-state index contributed by atoms with van der Waals surface area (Å²) >= 11 is 0. The Bertz CT molecular complexity index is 605. The molecule has 1 unspecified atom stereocenters. The lowest BCUT2D eigenvalue weighted by Crippen LogP contribution is -2.50. The minimum atomic E-state index is -4.37. The normalized spacial score (nSPS) is 21.9. The fourth-order valence-corrected chi connectivity index (χ4v) is 3.17. The van der Waals surface area contributed by atoms with Gasteiger partial charge in [-0.3, -0.25) is 4.79 Å². The summed E-state index contributed by atoms with van der Waals surface area (Å²) in [7, 11) is 0. The van der Waals surface area contributed by atoms with Gasteiger partial charge in [0, 0.05) is 38.3 Å². The summed E-state index contributed by atoms with van der Waals surface area (Å²) in [5, 5.41) is 0. The Morgan fingerprint density at radius 3 is 2.42 bits per heavy atom. The van der Waals surface area contributed by atoms with Gasteiger partial charge in [0.05, 0.1) is 5.56 Å². The molecular weight excluding hydrogens is 319 g/mol. The zero-order valence-electron chi connectivity index (χ0n) is 13.3. The third-order valence-corrected chi connectivity index (χ3v) is 4.61. The molecule has 130 valence electrons. The SMILES string of the molecule is O=C(C1CC=CCC1)N1CCN(c2ccc(C(F)(F)F)cn2)CC1. The zero-order chi connectivity index (χ0) is 17.2. The van der Waals surface area contributed by atoms with Crippen molar-refractivity contribution in [2.75, 3.05) is 31.1 Å². The van der Waals surface area contributed by atoms with E-state index in [1.807, 2.05) is 9.80 Å². The van der Waals surface area contributed by atoms with E-state index in [0.717, 1.165) is 31.5 Å². The van der Waals surface area contributed by atoms with E-state index < -0.39 is 11.7 Å². The molecule has 1 aromatic heterocycles. The molecule has 1 amide bonds. The van der Waals surface area contributed by atoms with Gasteiger partial charge in [-0.25, -0.2) is 4.98 Å². The Kier molecular flexibility index (Phi) is 4.78. The highest BCUT2D eigenvalue weighted by molar-refractivity contribution is 5.79. The van der Waals surface area contributed by atoms with Crippen LogP contribution in [0.4, 0.5) is 19.0 Å². The molecule has 7 heteroatoms. The number of halogens is 3. The van der Waals surface area contributed by atoms with Gasteiger partial charge in [0.2, 0.25) is 5.91 Å². The lowest BCUT2D eigenvalue weighted by atomic mass is 9.93. The molecule has 24 heavy (non-hydrogen) atoms. The van der Waals surface area contributed by atoms with Gasteiger partial charge in [-0.05, 0) is 31.4 Å². The van der Waals surface area contributed by atoms with Gasteiger partial charge < -0.3 is 9.80 Å². The molecule has 0 radical (unpaired) electrons. The average Bonchev–Trinajstić information content (AvgIpc) is 2.61. The van der Waals surface area contributed by atoms with E-state index in [9.17, 15) is 18.0 Å². The third kappa shape index (κ3) is 3.71. The topological polar surface area (TPSA) is 36.4 Å². The molecule has 0 saturated carbocycles. The number of allylic oxidation sites excluding steroid dienone is 2. The van der Waals surface area contributed by atoms with E-state index in [1.165, 1.54) is 6.07 Å². The first-order valence-electron chi connectivity index (χ1n) is 8.17. The van der Waals surface area contributed by atoms with Gasteiger partial charge in [0.25, 0.3) is 0 Å². The smallest absolute Gasteiger partial charge is 0.353 e. The van der Waals surface area contributed by atoms with E-state index in [-0.39, 0.29) is 11.8 Å². The number of aromatic nitrogens is 1. The van der Waals surface area contributed by atoms with E-state index in [0.29, 0.717) is 32.0 Å². The molecule has 0 bridgehead atoms. The minimum absolute atomic E-state index is 0.0748. The largest absolute Gasteiger partial charge is 0.417 e. The van der Waals surface area contributed by atoms with Crippen LogP contribution in [0.15, 0.2) is 30.5 Å². The molecule has 1 fully saturated rings. The number of anilines is 1. The Morgan fingerprint density at radius 2 is 1.88 bits per heavy atom. The number of piperazine rings is 1. The summed E-state index contributed by atoms with van der Waals surface area (Å²) in [6.07, 6.45) is 3.32. The van der Waals surface area contributed by atoms with Crippen LogP contribution < -0.4 is 4.90 Å². The van der Waals surface area contributed by atoms with Crippen molar-refractivity contribution >= 4 is 11.7 Å². The summed E-state index contributed by atoms with van der Waals surface area (Å²) in [6.45, 7) is 2.35. The molecule has 1 aromatic rings. The van der Waals surface area contributed by atoms with Crippen molar-refractivity contribution in [2.24, 2.45) is 5.92 Å². The van der Waals surface area contributed by atoms with Gasteiger partial charge in [-0.2, -0.15) is 13.2 Å². The van der Waals surface area contributed by atoms with Gasteiger partial charge in [0.15, 0.2) is 0 Å². The number of carbonyl (C=O) groups excluding carboxylic acids is 1. The summed E-state index contributed by atoms with van der Waals surface area (Å²) in [6, 6.07) is 2.44. The number of hydrogen-bond donors (Lipinski definition) is 0. The standard InChI is InChI=1S/C17H20F3N3O/c18-17(19,20)14-6-7-15(21-12-14)22-8-10-23(11-9-22)16(24)13-4-2-1-3-5-13/h1-2,6-7,12-13H,3-5,8-11H2. The summed E-state index contributed by atoms with van der Waals surface area (Å²) in [5.41, 5.74) is -0.745. The number of amides is 1. The molecule has 2 heterocycles. The predicted molar refractivity (Wildman–Crippen MR) is 84.5 cm³/mol. The van der Waals surface area contributed by atoms with Crippen LogP contribution in [-0.4, -0.2) is 42.0 Å². The first-order valence-corrected chi connectivity index (χ1v) is 8.17. The Hall–Kier alpha value is -2.05. The van der Waals surface area contributed by atoms with E-state index >= 15 is 0 Å².